The topological polar surface area (TPSA) is 87.9 Å². The molecule has 0 unspecified atom stereocenters. The molecule has 0 radical (unpaired) electrons. The molecule has 1 heterocycles. The highest BCUT2D eigenvalue weighted by Gasteiger charge is 2.11. The fourth-order valence-electron chi connectivity index (χ4n) is 2.22. The van der Waals surface area contributed by atoms with E-state index in [1.165, 1.54) is 12.1 Å². The molecule has 3 aromatic rings. The fourth-order valence-corrected chi connectivity index (χ4v) is 2.34. The van der Waals surface area contributed by atoms with E-state index in [0.29, 0.717) is 11.3 Å². The molecular weight excluding hydrogens is 383 g/mol. The number of nitrogens with one attached hydrogen (secondary N) is 1. The minimum absolute atomic E-state index is 0.0998. The van der Waals surface area contributed by atoms with E-state index < -0.39 is 11.7 Å². The lowest BCUT2D eigenvalue weighted by molar-refractivity contribution is -0.112. The van der Waals surface area contributed by atoms with E-state index in [1.54, 1.807) is 42.5 Å². The molecule has 0 saturated heterocycles. The summed E-state index contributed by atoms with van der Waals surface area (Å²) in [6.45, 7) is 0. The van der Waals surface area contributed by atoms with E-state index in [4.69, 9.17) is 16.3 Å². The highest BCUT2D eigenvalue weighted by Crippen LogP contribution is 2.24. The van der Waals surface area contributed by atoms with Crippen LogP contribution in [0.4, 0.5) is 10.1 Å². The standard InChI is InChI=1S/C20H12ClFN4O2/c21-20-24-12-17(22)19(26-20)28-16-8-4-5-13(10-16)9-14(11-23)18(27)25-15-6-2-1-3-7-15/h1-10,12H,(H,25,27)/b14-9+. The second-order valence-electron chi connectivity index (χ2n) is 5.46. The molecule has 0 spiro atoms. The maximum Gasteiger partial charge on any atom is 0.266 e. The van der Waals surface area contributed by atoms with Gasteiger partial charge in [0.2, 0.25) is 11.1 Å². The van der Waals surface area contributed by atoms with E-state index >= 15 is 0 Å². The van der Waals surface area contributed by atoms with Gasteiger partial charge in [-0.2, -0.15) is 14.6 Å². The summed E-state index contributed by atoms with van der Waals surface area (Å²) in [6.07, 6.45) is 2.30. The number of benzene rings is 2. The third-order valence-electron chi connectivity index (χ3n) is 3.46. The summed E-state index contributed by atoms with van der Waals surface area (Å²) < 4.78 is 19.1. The Morgan fingerprint density at radius 3 is 2.75 bits per heavy atom. The molecule has 1 N–H and O–H groups in total. The van der Waals surface area contributed by atoms with Crippen LogP contribution >= 0.6 is 11.6 Å². The summed E-state index contributed by atoms with van der Waals surface area (Å²) >= 11 is 5.64. The number of hydrogen-bond donors (Lipinski definition) is 1. The van der Waals surface area contributed by atoms with Gasteiger partial charge in [0.15, 0.2) is 0 Å². The van der Waals surface area contributed by atoms with E-state index in [2.05, 4.69) is 15.3 Å². The first kappa shape index (κ1) is 19.0. The first-order valence-corrected chi connectivity index (χ1v) is 8.37. The summed E-state index contributed by atoms with van der Waals surface area (Å²) in [5.41, 5.74) is 0.983. The molecule has 0 aliphatic carbocycles. The van der Waals surface area contributed by atoms with Gasteiger partial charge in [0.05, 0.1) is 6.20 Å². The van der Waals surface area contributed by atoms with Crippen LogP contribution in [-0.2, 0) is 4.79 Å². The summed E-state index contributed by atoms with van der Waals surface area (Å²) in [6, 6.07) is 17.0. The van der Waals surface area contributed by atoms with E-state index in [9.17, 15) is 14.4 Å². The zero-order chi connectivity index (χ0) is 19.9. The van der Waals surface area contributed by atoms with E-state index in [-0.39, 0.29) is 22.5 Å². The van der Waals surface area contributed by atoms with Crippen molar-refractivity contribution in [2.75, 3.05) is 5.32 Å². The fraction of sp³-hybridized carbons (Fsp3) is 0. The lowest BCUT2D eigenvalue weighted by Crippen LogP contribution is -2.13. The number of aromatic nitrogens is 2. The number of nitrogens with zero attached hydrogens (tertiary/aromatic N) is 3. The van der Waals surface area contributed by atoms with Crippen molar-refractivity contribution in [3.05, 3.63) is 83.0 Å². The van der Waals surface area contributed by atoms with Crippen LogP contribution in [0.25, 0.3) is 6.08 Å². The maximum atomic E-state index is 13.7. The highest BCUT2D eigenvalue weighted by atomic mass is 35.5. The zero-order valence-electron chi connectivity index (χ0n) is 14.3. The van der Waals surface area contributed by atoms with Crippen molar-refractivity contribution >= 4 is 29.3 Å². The van der Waals surface area contributed by atoms with Crippen LogP contribution < -0.4 is 10.1 Å². The Bertz CT molecular complexity index is 1080. The van der Waals surface area contributed by atoms with Gasteiger partial charge in [-0.15, -0.1) is 0 Å². The van der Waals surface area contributed by atoms with Gasteiger partial charge >= 0.3 is 0 Å². The summed E-state index contributed by atoms with van der Waals surface area (Å²) in [7, 11) is 0. The SMILES string of the molecule is N#C/C(=C\c1cccc(Oc2nc(Cl)ncc2F)c1)C(=O)Nc1ccccc1. The summed E-state index contributed by atoms with van der Waals surface area (Å²) in [4.78, 5) is 19.5. The number of carbonyl (C=O) groups is 1. The lowest BCUT2D eigenvalue weighted by Gasteiger charge is -2.07. The normalized spacial score (nSPS) is 10.8. The van der Waals surface area contributed by atoms with Crippen LogP contribution in [0.2, 0.25) is 5.28 Å². The van der Waals surface area contributed by atoms with Crippen molar-refractivity contribution in [1.29, 1.82) is 5.26 Å². The van der Waals surface area contributed by atoms with Crippen LogP contribution in [-0.4, -0.2) is 15.9 Å². The second kappa shape index (κ2) is 8.75. The smallest absolute Gasteiger partial charge is 0.266 e. The van der Waals surface area contributed by atoms with Gasteiger partial charge in [-0.25, -0.2) is 4.98 Å². The third kappa shape index (κ3) is 4.90. The van der Waals surface area contributed by atoms with Gasteiger partial charge < -0.3 is 10.1 Å². The number of anilines is 1. The third-order valence-corrected chi connectivity index (χ3v) is 3.64. The molecular formula is C20H12ClFN4O2. The van der Waals surface area contributed by atoms with E-state index in [1.807, 2.05) is 12.1 Å². The largest absolute Gasteiger partial charge is 0.436 e. The Hall–Kier alpha value is -3.76. The molecule has 6 nitrogen and oxygen atoms in total. The van der Waals surface area contributed by atoms with Gasteiger partial charge in [-0.3, -0.25) is 4.79 Å². The van der Waals surface area contributed by atoms with Gasteiger partial charge in [-0.1, -0.05) is 30.3 Å². The van der Waals surface area contributed by atoms with Crippen LogP contribution in [0, 0.1) is 17.1 Å². The van der Waals surface area contributed by atoms with Crippen molar-refractivity contribution in [2.45, 2.75) is 0 Å². The van der Waals surface area contributed by atoms with Crippen LogP contribution in [0.15, 0.2) is 66.4 Å². The summed E-state index contributed by atoms with van der Waals surface area (Å²) in [5, 5.41) is 11.8. The van der Waals surface area contributed by atoms with Gasteiger partial charge in [0.1, 0.15) is 17.4 Å². The number of hydrogen-bond acceptors (Lipinski definition) is 5. The predicted octanol–water partition coefficient (Wildman–Crippen LogP) is 4.61. The Morgan fingerprint density at radius 2 is 2.00 bits per heavy atom. The molecule has 2 aromatic carbocycles. The van der Waals surface area contributed by atoms with Crippen molar-refractivity contribution in [2.24, 2.45) is 0 Å². The number of nitriles is 1. The molecule has 0 fully saturated rings. The average Bonchev–Trinajstić information content (AvgIpc) is 2.70. The first-order chi connectivity index (χ1) is 13.5. The minimum Gasteiger partial charge on any atom is -0.436 e. The van der Waals surface area contributed by atoms with Crippen LogP contribution in [0.3, 0.4) is 0 Å². The molecule has 138 valence electrons. The van der Waals surface area contributed by atoms with Crippen molar-refractivity contribution in [3.63, 3.8) is 0 Å². The number of rotatable bonds is 5. The molecule has 1 amide bonds. The Balaban J connectivity index is 1.81. The first-order valence-electron chi connectivity index (χ1n) is 7.99. The molecule has 28 heavy (non-hydrogen) atoms. The molecule has 8 heteroatoms. The van der Waals surface area contributed by atoms with Crippen molar-refractivity contribution in [1.82, 2.24) is 9.97 Å². The minimum atomic E-state index is -0.773. The Labute approximate surface area is 164 Å². The average molecular weight is 395 g/mol. The number of halogens is 2. The molecule has 0 saturated carbocycles. The van der Waals surface area contributed by atoms with Crippen molar-refractivity contribution in [3.8, 4) is 17.7 Å². The Morgan fingerprint density at radius 1 is 1.21 bits per heavy atom. The van der Waals surface area contributed by atoms with E-state index in [0.717, 1.165) is 6.20 Å². The number of para-hydroxylation sites is 1. The monoisotopic (exact) mass is 394 g/mol. The maximum absolute atomic E-state index is 13.7. The number of ether oxygens (including phenoxy) is 1. The van der Waals surface area contributed by atoms with Crippen LogP contribution in [0.5, 0.6) is 11.6 Å². The molecule has 3 rings (SSSR count). The zero-order valence-corrected chi connectivity index (χ0v) is 15.0. The molecule has 0 bridgehead atoms. The summed E-state index contributed by atoms with van der Waals surface area (Å²) in [5.74, 6) is -1.40. The number of carbonyl (C=O) groups excluding carboxylic acids is 1. The van der Waals surface area contributed by atoms with Crippen molar-refractivity contribution < 1.29 is 13.9 Å². The lowest BCUT2D eigenvalue weighted by atomic mass is 10.1. The number of amides is 1. The Kier molecular flexibility index (Phi) is 5.94. The van der Waals surface area contributed by atoms with Gasteiger partial charge in [-0.05, 0) is 47.5 Å². The second-order valence-corrected chi connectivity index (χ2v) is 5.79. The molecule has 0 aliphatic rings. The molecule has 0 aliphatic heterocycles. The van der Waals surface area contributed by atoms with Gasteiger partial charge in [0.25, 0.3) is 11.8 Å². The molecule has 0 atom stereocenters. The van der Waals surface area contributed by atoms with Crippen LogP contribution in [0.1, 0.15) is 5.56 Å². The van der Waals surface area contributed by atoms with Gasteiger partial charge in [0, 0.05) is 5.69 Å². The molecule has 1 aromatic heterocycles. The quantitative estimate of drug-likeness (QED) is 0.388. The predicted molar refractivity (Wildman–Crippen MR) is 102 cm³/mol. The highest BCUT2D eigenvalue weighted by molar-refractivity contribution is 6.28.